The van der Waals surface area contributed by atoms with Crippen LogP contribution in [-0.4, -0.2) is 39.4 Å². The molecule has 0 aliphatic carbocycles. The number of ether oxygens (including phenoxy) is 2. The van der Waals surface area contributed by atoms with Gasteiger partial charge >= 0.3 is 5.97 Å². The van der Waals surface area contributed by atoms with E-state index in [-0.39, 0.29) is 5.41 Å². The third-order valence-electron chi connectivity index (χ3n) is 6.52. The second-order valence-corrected chi connectivity index (χ2v) is 11.2. The quantitative estimate of drug-likeness (QED) is 0.447. The van der Waals surface area contributed by atoms with Gasteiger partial charge in [0.1, 0.15) is 5.65 Å². The minimum atomic E-state index is -1.16. The number of aryl methyl sites for hydroxylation is 2. The zero-order valence-electron chi connectivity index (χ0n) is 21.0. The Morgan fingerprint density at radius 3 is 2.35 bits per heavy atom. The fraction of sp³-hybridized carbons (Fsp3) is 0.481. The van der Waals surface area contributed by atoms with E-state index < -0.39 is 17.7 Å². The summed E-state index contributed by atoms with van der Waals surface area (Å²) in [6.45, 7) is 16.1. The predicted octanol–water partition coefficient (Wildman–Crippen LogP) is 6.26. The Morgan fingerprint density at radius 1 is 1.24 bits per heavy atom. The standard InChI is InChI=1S/C27H33ClN2O4/c1-15-17(3)30(12-27(7)13-33-14-27)24-20(15)22(18-8-10-19(28)11-9-18)21(16(2)29-24)23(25(31)32)34-26(4,5)6/h8-11,23H,12-14H2,1-7H3,(H,31,32)/t23-/m0/s1. The summed E-state index contributed by atoms with van der Waals surface area (Å²) in [5.74, 6) is -1.04. The summed E-state index contributed by atoms with van der Waals surface area (Å²) in [5.41, 5.74) is 5.40. The largest absolute Gasteiger partial charge is 0.479 e. The number of hydrogen-bond acceptors (Lipinski definition) is 4. The maximum Gasteiger partial charge on any atom is 0.337 e. The first kappa shape index (κ1) is 24.7. The average molecular weight is 485 g/mol. The number of pyridine rings is 1. The van der Waals surface area contributed by atoms with Gasteiger partial charge in [0, 0.05) is 44.9 Å². The van der Waals surface area contributed by atoms with Crippen molar-refractivity contribution in [1.82, 2.24) is 9.55 Å². The molecule has 0 spiro atoms. The van der Waals surface area contributed by atoms with Gasteiger partial charge in [0.05, 0.1) is 18.8 Å². The molecule has 1 aromatic carbocycles. The molecule has 3 aromatic rings. The number of aromatic nitrogens is 2. The molecule has 0 unspecified atom stereocenters. The molecule has 2 aromatic heterocycles. The van der Waals surface area contributed by atoms with Crippen molar-refractivity contribution in [3.63, 3.8) is 0 Å². The summed E-state index contributed by atoms with van der Waals surface area (Å²) in [6, 6.07) is 7.52. The van der Waals surface area contributed by atoms with Crippen LogP contribution in [0.1, 0.15) is 56.3 Å². The molecule has 0 saturated carbocycles. The molecule has 7 heteroatoms. The van der Waals surface area contributed by atoms with E-state index >= 15 is 0 Å². The van der Waals surface area contributed by atoms with Gasteiger partial charge in [-0.3, -0.25) is 0 Å². The number of rotatable bonds is 6. The van der Waals surface area contributed by atoms with Crippen LogP contribution in [0.5, 0.6) is 0 Å². The molecule has 34 heavy (non-hydrogen) atoms. The Kier molecular flexibility index (Phi) is 6.30. The van der Waals surface area contributed by atoms with Crippen molar-refractivity contribution >= 4 is 28.6 Å². The molecule has 0 radical (unpaired) electrons. The summed E-state index contributed by atoms with van der Waals surface area (Å²) >= 11 is 6.20. The van der Waals surface area contributed by atoms with Crippen LogP contribution in [0.4, 0.5) is 0 Å². The molecule has 6 nitrogen and oxygen atoms in total. The molecule has 182 valence electrons. The van der Waals surface area contributed by atoms with E-state index in [2.05, 4.69) is 25.3 Å². The third-order valence-corrected chi connectivity index (χ3v) is 6.77. The van der Waals surface area contributed by atoms with E-state index in [1.807, 2.05) is 52.0 Å². The van der Waals surface area contributed by atoms with Crippen LogP contribution in [-0.2, 0) is 20.8 Å². The number of hydrogen-bond donors (Lipinski definition) is 1. The average Bonchev–Trinajstić information content (AvgIpc) is 2.94. The number of benzene rings is 1. The number of carbonyl (C=O) groups is 1. The van der Waals surface area contributed by atoms with E-state index in [1.54, 1.807) is 0 Å². The van der Waals surface area contributed by atoms with Gasteiger partial charge in [0.2, 0.25) is 0 Å². The topological polar surface area (TPSA) is 73.6 Å². The third kappa shape index (κ3) is 4.47. The van der Waals surface area contributed by atoms with Crippen molar-refractivity contribution < 1.29 is 19.4 Å². The van der Waals surface area contributed by atoms with Crippen LogP contribution in [0.25, 0.3) is 22.2 Å². The van der Waals surface area contributed by atoms with Crippen molar-refractivity contribution in [2.24, 2.45) is 5.41 Å². The highest BCUT2D eigenvalue weighted by Crippen LogP contribution is 2.43. The van der Waals surface area contributed by atoms with Gasteiger partial charge in [0.25, 0.3) is 0 Å². The molecule has 1 fully saturated rings. The van der Waals surface area contributed by atoms with E-state index in [1.165, 1.54) is 0 Å². The number of nitrogens with zero attached hydrogens (tertiary/aromatic N) is 2. The van der Waals surface area contributed by atoms with Gasteiger partial charge in [-0.15, -0.1) is 0 Å². The number of carboxylic acid groups (broad SMARTS) is 1. The monoisotopic (exact) mass is 484 g/mol. The molecular formula is C27H33ClN2O4. The molecule has 1 aliphatic heterocycles. The fourth-order valence-electron chi connectivity index (χ4n) is 4.74. The molecular weight excluding hydrogens is 452 g/mol. The lowest BCUT2D eigenvalue weighted by Crippen LogP contribution is -2.43. The van der Waals surface area contributed by atoms with Gasteiger partial charge in [-0.05, 0) is 64.8 Å². The smallest absolute Gasteiger partial charge is 0.337 e. The zero-order chi connectivity index (χ0) is 25.0. The number of aliphatic carboxylic acids is 1. The highest BCUT2D eigenvalue weighted by atomic mass is 35.5. The first-order valence-electron chi connectivity index (χ1n) is 11.6. The van der Waals surface area contributed by atoms with E-state index in [0.717, 1.165) is 40.0 Å². The van der Waals surface area contributed by atoms with Crippen LogP contribution in [0, 0.1) is 26.2 Å². The van der Waals surface area contributed by atoms with Crippen LogP contribution in [0.3, 0.4) is 0 Å². The zero-order valence-corrected chi connectivity index (χ0v) is 21.7. The SMILES string of the molecule is Cc1nc2c(c(C)c(C)n2CC2(C)COC2)c(-c2ccc(Cl)cc2)c1[C@H](OC(C)(C)C)C(=O)O. The van der Waals surface area contributed by atoms with Crippen molar-refractivity contribution in [3.05, 3.63) is 51.8 Å². The van der Waals surface area contributed by atoms with E-state index in [4.69, 9.17) is 26.1 Å². The molecule has 1 saturated heterocycles. The van der Waals surface area contributed by atoms with Crippen molar-refractivity contribution in [2.75, 3.05) is 13.2 Å². The molecule has 1 atom stereocenters. The minimum absolute atomic E-state index is 0.0524. The molecule has 4 rings (SSSR count). The van der Waals surface area contributed by atoms with Crippen LogP contribution in [0.15, 0.2) is 24.3 Å². The van der Waals surface area contributed by atoms with Crippen molar-refractivity contribution in [1.29, 1.82) is 0 Å². The molecule has 3 heterocycles. The summed E-state index contributed by atoms with van der Waals surface area (Å²) in [5, 5.41) is 11.8. The summed E-state index contributed by atoms with van der Waals surface area (Å²) in [7, 11) is 0. The first-order valence-corrected chi connectivity index (χ1v) is 11.9. The Balaban J connectivity index is 2.07. The van der Waals surface area contributed by atoms with Crippen LogP contribution >= 0.6 is 11.6 Å². The molecule has 1 N–H and O–H groups in total. The normalized spacial score (nSPS) is 16.5. The van der Waals surface area contributed by atoms with Gasteiger partial charge in [-0.25, -0.2) is 9.78 Å². The lowest BCUT2D eigenvalue weighted by molar-refractivity contribution is -0.160. The molecule has 0 amide bonds. The molecule has 1 aliphatic rings. The van der Waals surface area contributed by atoms with Gasteiger partial charge < -0.3 is 19.1 Å². The second kappa shape index (κ2) is 8.67. The van der Waals surface area contributed by atoms with E-state index in [0.29, 0.717) is 29.5 Å². The summed E-state index contributed by atoms with van der Waals surface area (Å²) in [4.78, 5) is 17.5. The number of carboxylic acids is 1. The highest BCUT2D eigenvalue weighted by Gasteiger charge is 2.37. The Labute approximate surface area is 205 Å². The van der Waals surface area contributed by atoms with Crippen LogP contribution in [0.2, 0.25) is 5.02 Å². The maximum atomic E-state index is 12.5. The minimum Gasteiger partial charge on any atom is -0.479 e. The van der Waals surface area contributed by atoms with Gasteiger partial charge in [-0.2, -0.15) is 0 Å². The lowest BCUT2D eigenvalue weighted by atomic mass is 9.88. The lowest BCUT2D eigenvalue weighted by Gasteiger charge is -2.38. The number of halogens is 1. The Bertz CT molecular complexity index is 1250. The van der Waals surface area contributed by atoms with E-state index in [9.17, 15) is 9.90 Å². The van der Waals surface area contributed by atoms with Gasteiger partial charge in [0.15, 0.2) is 6.10 Å². The summed E-state index contributed by atoms with van der Waals surface area (Å²) in [6.07, 6.45) is -1.16. The second-order valence-electron chi connectivity index (χ2n) is 10.7. The highest BCUT2D eigenvalue weighted by molar-refractivity contribution is 6.30. The Morgan fingerprint density at radius 2 is 1.85 bits per heavy atom. The van der Waals surface area contributed by atoms with Crippen molar-refractivity contribution in [2.45, 2.75) is 66.7 Å². The first-order chi connectivity index (χ1) is 15.8. The Hall–Kier alpha value is -2.41. The molecule has 0 bridgehead atoms. The number of fused-ring (bicyclic) bond motifs is 1. The predicted molar refractivity (Wildman–Crippen MR) is 135 cm³/mol. The van der Waals surface area contributed by atoms with Gasteiger partial charge in [-0.1, -0.05) is 30.7 Å². The summed E-state index contributed by atoms with van der Waals surface area (Å²) < 4.78 is 13.8. The maximum absolute atomic E-state index is 12.5. The van der Waals surface area contributed by atoms with Crippen LogP contribution < -0.4 is 0 Å². The fourth-order valence-corrected chi connectivity index (χ4v) is 4.86. The van der Waals surface area contributed by atoms with Crippen molar-refractivity contribution in [3.8, 4) is 11.1 Å².